The molecule has 0 saturated heterocycles. The lowest BCUT2D eigenvalue weighted by atomic mass is 10.1. The lowest BCUT2D eigenvalue weighted by molar-refractivity contribution is 0.0976. The van der Waals surface area contributed by atoms with Crippen molar-refractivity contribution in [2.75, 3.05) is 32.3 Å². The minimum atomic E-state index is -0.104. The van der Waals surface area contributed by atoms with Crippen molar-refractivity contribution < 1.29 is 19.0 Å². The summed E-state index contributed by atoms with van der Waals surface area (Å²) in [6, 6.07) is 12.7. The molecule has 0 N–H and O–H groups in total. The fourth-order valence-corrected chi connectivity index (χ4v) is 2.47. The van der Waals surface area contributed by atoms with Crippen LogP contribution in [0.15, 0.2) is 42.5 Å². The molecule has 0 atom stereocenters. The van der Waals surface area contributed by atoms with Crippen LogP contribution in [0.5, 0.6) is 17.2 Å². The third-order valence-corrected chi connectivity index (χ3v) is 3.57. The lowest BCUT2D eigenvalue weighted by Crippen LogP contribution is -2.37. The van der Waals surface area contributed by atoms with Crippen molar-refractivity contribution in [3.63, 3.8) is 0 Å². The monoisotopic (exact) mass is 299 g/mol. The molecule has 3 rings (SSSR count). The fraction of sp³-hybridized carbons (Fsp3) is 0.235. The second kappa shape index (κ2) is 5.97. The van der Waals surface area contributed by atoms with Gasteiger partial charge in [-0.25, -0.2) is 0 Å². The van der Waals surface area contributed by atoms with E-state index in [9.17, 15) is 4.79 Å². The number of benzene rings is 2. The number of nitrogens with zero attached hydrogens (tertiary/aromatic N) is 1. The van der Waals surface area contributed by atoms with Gasteiger partial charge in [-0.2, -0.15) is 0 Å². The topological polar surface area (TPSA) is 48.0 Å². The molecule has 0 saturated carbocycles. The maximum absolute atomic E-state index is 12.9. The summed E-state index contributed by atoms with van der Waals surface area (Å²) in [6.45, 7) is 0.985. The third-order valence-electron chi connectivity index (χ3n) is 3.57. The smallest absolute Gasteiger partial charge is 0.258 e. The van der Waals surface area contributed by atoms with E-state index < -0.39 is 0 Å². The Morgan fingerprint density at radius 1 is 1.09 bits per heavy atom. The van der Waals surface area contributed by atoms with Crippen LogP contribution in [-0.2, 0) is 0 Å². The summed E-state index contributed by atoms with van der Waals surface area (Å²) in [7, 11) is 3.13. The van der Waals surface area contributed by atoms with Crippen molar-refractivity contribution in [3.8, 4) is 17.2 Å². The van der Waals surface area contributed by atoms with Crippen LogP contribution in [0, 0.1) is 0 Å². The number of carbonyl (C=O) groups excluding carboxylic acids is 1. The van der Waals surface area contributed by atoms with Gasteiger partial charge in [0.25, 0.3) is 5.91 Å². The molecule has 5 heteroatoms. The van der Waals surface area contributed by atoms with Gasteiger partial charge in [0, 0.05) is 11.6 Å². The van der Waals surface area contributed by atoms with Gasteiger partial charge in [-0.05, 0) is 24.3 Å². The molecule has 0 unspecified atom stereocenters. The van der Waals surface area contributed by atoms with Gasteiger partial charge in [-0.15, -0.1) is 0 Å². The van der Waals surface area contributed by atoms with Crippen LogP contribution in [-0.4, -0.2) is 33.3 Å². The molecule has 0 aromatic heterocycles. The van der Waals surface area contributed by atoms with Crippen LogP contribution in [0.4, 0.5) is 5.69 Å². The highest BCUT2D eigenvalue weighted by molar-refractivity contribution is 6.07. The first kappa shape index (κ1) is 14.3. The molecule has 114 valence electrons. The fourth-order valence-electron chi connectivity index (χ4n) is 2.47. The van der Waals surface area contributed by atoms with Crippen LogP contribution in [0.25, 0.3) is 0 Å². The highest BCUT2D eigenvalue weighted by Gasteiger charge is 2.25. The Morgan fingerprint density at radius 2 is 1.77 bits per heavy atom. The number of carbonyl (C=O) groups is 1. The second-order valence-corrected chi connectivity index (χ2v) is 4.87. The minimum Gasteiger partial charge on any atom is -0.497 e. The van der Waals surface area contributed by atoms with Crippen LogP contribution in [0.2, 0.25) is 0 Å². The summed E-state index contributed by atoms with van der Waals surface area (Å²) >= 11 is 0. The number of ether oxygens (including phenoxy) is 3. The number of amides is 1. The Labute approximate surface area is 129 Å². The highest BCUT2D eigenvalue weighted by atomic mass is 16.5. The van der Waals surface area contributed by atoms with E-state index in [-0.39, 0.29) is 5.91 Å². The standard InChI is InChI=1S/C17H17NO4/c1-20-13-9-12(10-14(11-13)21-2)17(19)18-7-8-22-16-6-4-3-5-15(16)18/h3-6,9-11H,7-8H2,1-2H3. The SMILES string of the molecule is COc1cc(OC)cc(C(=O)N2CCOc3ccccc32)c1. The number of hydrogen-bond acceptors (Lipinski definition) is 4. The first-order valence-corrected chi connectivity index (χ1v) is 6.99. The van der Waals surface area contributed by atoms with Crippen LogP contribution in [0.1, 0.15) is 10.4 Å². The van der Waals surface area contributed by atoms with E-state index in [1.54, 1.807) is 37.3 Å². The van der Waals surface area contributed by atoms with E-state index in [0.29, 0.717) is 30.2 Å². The number of anilines is 1. The van der Waals surface area contributed by atoms with Gasteiger partial charge in [0.05, 0.1) is 26.5 Å². The first-order valence-electron chi connectivity index (χ1n) is 6.99. The van der Waals surface area contributed by atoms with E-state index in [1.807, 2.05) is 24.3 Å². The average Bonchev–Trinajstić information content (AvgIpc) is 2.60. The predicted molar refractivity (Wildman–Crippen MR) is 83.2 cm³/mol. The van der Waals surface area contributed by atoms with E-state index in [4.69, 9.17) is 14.2 Å². The average molecular weight is 299 g/mol. The summed E-state index contributed by atoms with van der Waals surface area (Å²) in [6.07, 6.45) is 0. The molecular weight excluding hydrogens is 282 g/mol. The zero-order valence-electron chi connectivity index (χ0n) is 12.5. The minimum absolute atomic E-state index is 0.104. The van der Waals surface area contributed by atoms with Gasteiger partial charge in [0.1, 0.15) is 23.9 Å². The van der Waals surface area contributed by atoms with Crippen molar-refractivity contribution >= 4 is 11.6 Å². The van der Waals surface area contributed by atoms with E-state index >= 15 is 0 Å². The van der Waals surface area contributed by atoms with E-state index in [2.05, 4.69) is 0 Å². The van der Waals surface area contributed by atoms with Crippen LogP contribution in [0.3, 0.4) is 0 Å². The molecule has 0 aliphatic carbocycles. The number of methoxy groups -OCH3 is 2. The Kier molecular flexibility index (Phi) is 3.87. The molecule has 22 heavy (non-hydrogen) atoms. The highest BCUT2D eigenvalue weighted by Crippen LogP contribution is 2.33. The Balaban J connectivity index is 1.98. The molecule has 0 radical (unpaired) electrons. The van der Waals surface area contributed by atoms with Crippen molar-refractivity contribution in [3.05, 3.63) is 48.0 Å². The van der Waals surface area contributed by atoms with Gasteiger partial charge in [0.15, 0.2) is 0 Å². The van der Waals surface area contributed by atoms with Gasteiger partial charge in [-0.1, -0.05) is 12.1 Å². The second-order valence-electron chi connectivity index (χ2n) is 4.87. The summed E-state index contributed by atoms with van der Waals surface area (Å²) in [5, 5.41) is 0. The van der Waals surface area contributed by atoms with Gasteiger partial charge < -0.3 is 19.1 Å². The molecule has 2 aromatic carbocycles. The molecule has 0 bridgehead atoms. The van der Waals surface area contributed by atoms with Crippen molar-refractivity contribution in [1.29, 1.82) is 0 Å². The molecule has 1 aliphatic rings. The summed E-state index contributed by atoms with van der Waals surface area (Å²) in [5.74, 6) is 1.79. The summed E-state index contributed by atoms with van der Waals surface area (Å²) < 4.78 is 16.0. The normalized spacial score (nSPS) is 13.1. The number of hydrogen-bond donors (Lipinski definition) is 0. The number of para-hydroxylation sites is 2. The third kappa shape index (κ3) is 2.57. The first-order chi connectivity index (χ1) is 10.7. The molecule has 0 fully saturated rings. The van der Waals surface area contributed by atoms with Gasteiger partial charge in [0.2, 0.25) is 0 Å². The molecule has 1 amide bonds. The molecule has 2 aromatic rings. The van der Waals surface area contributed by atoms with Gasteiger partial charge in [-0.3, -0.25) is 4.79 Å². The predicted octanol–water partition coefficient (Wildman–Crippen LogP) is 2.74. The van der Waals surface area contributed by atoms with E-state index in [1.165, 1.54) is 0 Å². The largest absolute Gasteiger partial charge is 0.497 e. The van der Waals surface area contributed by atoms with Crippen LogP contribution < -0.4 is 19.1 Å². The lowest BCUT2D eigenvalue weighted by Gasteiger charge is -2.29. The van der Waals surface area contributed by atoms with Crippen LogP contribution >= 0.6 is 0 Å². The Morgan fingerprint density at radius 3 is 2.45 bits per heavy atom. The van der Waals surface area contributed by atoms with Crippen molar-refractivity contribution in [1.82, 2.24) is 0 Å². The van der Waals surface area contributed by atoms with Crippen molar-refractivity contribution in [2.24, 2.45) is 0 Å². The van der Waals surface area contributed by atoms with Crippen molar-refractivity contribution in [2.45, 2.75) is 0 Å². The number of rotatable bonds is 3. The number of fused-ring (bicyclic) bond motifs is 1. The molecule has 1 heterocycles. The molecule has 0 spiro atoms. The Hall–Kier alpha value is -2.69. The van der Waals surface area contributed by atoms with E-state index in [0.717, 1.165) is 11.4 Å². The molecular formula is C17H17NO4. The quantitative estimate of drug-likeness (QED) is 0.874. The molecule has 5 nitrogen and oxygen atoms in total. The zero-order chi connectivity index (χ0) is 15.5. The van der Waals surface area contributed by atoms with Gasteiger partial charge >= 0.3 is 0 Å². The molecule has 1 aliphatic heterocycles. The maximum atomic E-state index is 12.9. The maximum Gasteiger partial charge on any atom is 0.258 e. The summed E-state index contributed by atoms with van der Waals surface area (Å²) in [4.78, 5) is 14.6. The Bertz CT molecular complexity index is 677. The summed E-state index contributed by atoms with van der Waals surface area (Å²) in [5.41, 5.74) is 1.30. The zero-order valence-corrected chi connectivity index (χ0v) is 12.5.